The number of sulfonamides is 1. The summed E-state index contributed by atoms with van der Waals surface area (Å²) in [5.41, 5.74) is 1.28. The van der Waals surface area contributed by atoms with Crippen LogP contribution in [0.4, 0.5) is 5.82 Å². The topological polar surface area (TPSA) is 109 Å². The van der Waals surface area contributed by atoms with Gasteiger partial charge in [0, 0.05) is 23.8 Å². The first-order valence-corrected chi connectivity index (χ1v) is 7.84. The molecular weight excluding hydrogens is 336 g/mol. The molecule has 106 valence electrons. The van der Waals surface area contributed by atoms with E-state index in [1.54, 1.807) is 6.92 Å². The summed E-state index contributed by atoms with van der Waals surface area (Å²) < 4.78 is 26.8. The van der Waals surface area contributed by atoms with Gasteiger partial charge in [-0.2, -0.15) is 4.31 Å². The number of hydrogen-bond acceptors (Lipinski definition) is 6. The Morgan fingerprint density at radius 2 is 2.32 bits per heavy atom. The monoisotopic (exact) mass is 350 g/mol. The maximum atomic E-state index is 12.5. The van der Waals surface area contributed by atoms with Crippen molar-refractivity contribution < 1.29 is 13.5 Å². The van der Waals surface area contributed by atoms with Gasteiger partial charge in [0.05, 0.1) is 5.60 Å². The Hall–Kier alpha value is -0.740. The summed E-state index contributed by atoms with van der Waals surface area (Å²) in [5, 5.41) is 9.88. The summed E-state index contributed by atoms with van der Waals surface area (Å²) >= 11 is 3.19. The fourth-order valence-corrected chi connectivity index (χ4v) is 4.15. The summed E-state index contributed by atoms with van der Waals surface area (Å²) in [6.45, 7) is 1.95. The normalized spacial score (nSPS) is 24.6. The van der Waals surface area contributed by atoms with E-state index < -0.39 is 15.6 Å². The van der Waals surface area contributed by atoms with Gasteiger partial charge in [0.15, 0.2) is 5.82 Å². The van der Waals surface area contributed by atoms with Gasteiger partial charge in [0.2, 0.25) is 10.0 Å². The Kier molecular flexibility index (Phi) is 3.85. The molecule has 0 aliphatic carbocycles. The molecule has 0 bridgehead atoms. The van der Waals surface area contributed by atoms with Crippen molar-refractivity contribution in [3.05, 3.63) is 16.7 Å². The number of β-amino-alcohol motifs (C(OH)–C–C–N with tert-alkyl or cyclic N) is 1. The second kappa shape index (κ2) is 4.98. The van der Waals surface area contributed by atoms with Crippen LogP contribution in [-0.2, 0) is 10.0 Å². The van der Waals surface area contributed by atoms with Crippen LogP contribution in [0, 0.1) is 0 Å². The lowest BCUT2D eigenvalue weighted by atomic mass is 10.1. The maximum Gasteiger partial charge on any atom is 0.246 e. The molecule has 0 amide bonds. The number of pyridine rings is 1. The predicted molar refractivity (Wildman–Crippen MR) is 73.7 cm³/mol. The van der Waals surface area contributed by atoms with Crippen LogP contribution >= 0.6 is 15.9 Å². The Labute approximate surface area is 120 Å². The van der Waals surface area contributed by atoms with Gasteiger partial charge < -0.3 is 10.5 Å². The van der Waals surface area contributed by atoms with Gasteiger partial charge in [-0.1, -0.05) is 0 Å². The highest BCUT2D eigenvalue weighted by atomic mass is 79.9. The molecule has 19 heavy (non-hydrogen) atoms. The molecule has 0 spiro atoms. The Morgan fingerprint density at radius 1 is 1.63 bits per heavy atom. The summed E-state index contributed by atoms with van der Waals surface area (Å²) in [6.07, 6.45) is 1.85. The lowest BCUT2D eigenvalue weighted by Gasteiger charge is -2.20. The summed E-state index contributed by atoms with van der Waals surface area (Å²) in [5.74, 6) is 5.37. The number of nitrogen functional groups attached to an aromatic ring is 1. The SMILES string of the molecule is CC1(O)CCN(S(=O)(=O)c2cc(Br)cnc2NN)C1. The third-order valence-corrected chi connectivity index (χ3v) is 5.28. The minimum atomic E-state index is -3.74. The van der Waals surface area contributed by atoms with Crippen LogP contribution in [0.5, 0.6) is 0 Å². The smallest absolute Gasteiger partial charge is 0.246 e. The van der Waals surface area contributed by atoms with Gasteiger partial charge in [-0.25, -0.2) is 19.2 Å². The molecule has 0 radical (unpaired) electrons. The zero-order valence-corrected chi connectivity index (χ0v) is 12.7. The molecule has 1 aliphatic rings. The molecule has 0 saturated carbocycles. The summed E-state index contributed by atoms with van der Waals surface area (Å²) in [7, 11) is -3.74. The average molecular weight is 351 g/mol. The Bertz CT molecular complexity index is 590. The Morgan fingerprint density at radius 3 is 2.84 bits per heavy atom. The molecule has 1 fully saturated rings. The predicted octanol–water partition coefficient (Wildman–Crippen LogP) is 0.275. The van der Waals surface area contributed by atoms with Crippen molar-refractivity contribution in [2.24, 2.45) is 5.84 Å². The number of aliphatic hydroxyl groups is 1. The minimum absolute atomic E-state index is 0.0120. The van der Waals surface area contributed by atoms with Crippen LogP contribution in [0.25, 0.3) is 0 Å². The van der Waals surface area contributed by atoms with E-state index in [0.29, 0.717) is 10.9 Å². The third kappa shape index (κ3) is 2.90. The highest BCUT2D eigenvalue weighted by Gasteiger charge is 2.39. The molecule has 2 heterocycles. The van der Waals surface area contributed by atoms with E-state index in [9.17, 15) is 13.5 Å². The highest BCUT2D eigenvalue weighted by Crippen LogP contribution is 2.30. The minimum Gasteiger partial charge on any atom is -0.389 e. The van der Waals surface area contributed by atoms with E-state index in [1.165, 1.54) is 16.6 Å². The van der Waals surface area contributed by atoms with Crippen molar-refractivity contribution in [3.63, 3.8) is 0 Å². The number of nitrogens with zero attached hydrogens (tertiary/aromatic N) is 2. The number of halogens is 1. The first-order chi connectivity index (χ1) is 8.76. The molecule has 7 nitrogen and oxygen atoms in total. The maximum absolute atomic E-state index is 12.5. The van der Waals surface area contributed by atoms with Gasteiger partial charge in [-0.15, -0.1) is 0 Å². The van der Waals surface area contributed by atoms with E-state index in [0.717, 1.165) is 0 Å². The van der Waals surface area contributed by atoms with Crippen molar-refractivity contribution in [2.45, 2.75) is 23.8 Å². The van der Waals surface area contributed by atoms with E-state index in [1.807, 2.05) is 0 Å². The van der Waals surface area contributed by atoms with E-state index >= 15 is 0 Å². The van der Waals surface area contributed by atoms with Crippen molar-refractivity contribution >= 4 is 31.8 Å². The standard InChI is InChI=1S/C10H15BrN4O3S/c1-10(16)2-3-15(6-10)19(17,18)8-4-7(11)5-13-9(8)14-12/h4-5,16H,2-3,6,12H2,1H3,(H,13,14). The molecule has 9 heteroatoms. The largest absolute Gasteiger partial charge is 0.389 e. The van der Waals surface area contributed by atoms with Crippen LogP contribution in [-0.4, -0.2) is 41.5 Å². The number of hydrogen-bond donors (Lipinski definition) is 3. The number of hydrazine groups is 1. The molecule has 1 saturated heterocycles. The molecule has 1 unspecified atom stereocenters. The zero-order chi connectivity index (χ0) is 14.3. The third-order valence-electron chi connectivity index (χ3n) is 2.99. The van der Waals surface area contributed by atoms with E-state index in [2.05, 4.69) is 26.3 Å². The summed E-state index contributed by atoms with van der Waals surface area (Å²) in [6, 6.07) is 1.44. The fraction of sp³-hybridized carbons (Fsp3) is 0.500. The van der Waals surface area contributed by atoms with E-state index in [4.69, 9.17) is 5.84 Å². The number of aromatic nitrogens is 1. The van der Waals surface area contributed by atoms with Crippen molar-refractivity contribution in [2.75, 3.05) is 18.5 Å². The first kappa shape index (κ1) is 14.7. The second-order valence-electron chi connectivity index (χ2n) is 4.73. The quantitative estimate of drug-likeness (QED) is 0.533. The van der Waals surface area contributed by atoms with Gasteiger partial charge in [-0.3, -0.25) is 0 Å². The summed E-state index contributed by atoms with van der Waals surface area (Å²) in [4.78, 5) is 3.91. The number of anilines is 1. The van der Waals surface area contributed by atoms with Crippen molar-refractivity contribution in [1.82, 2.24) is 9.29 Å². The van der Waals surface area contributed by atoms with E-state index in [-0.39, 0.29) is 23.8 Å². The molecule has 0 aromatic carbocycles. The molecular formula is C10H15BrN4O3S. The van der Waals surface area contributed by atoms with Crippen molar-refractivity contribution in [3.8, 4) is 0 Å². The first-order valence-electron chi connectivity index (χ1n) is 5.61. The Balaban J connectivity index is 2.43. The van der Waals surface area contributed by atoms with Crippen LogP contribution in [0.1, 0.15) is 13.3 Å². The molecule has 1 aromatic heterocycles. The number of nitrogens with two attached hydrogens (primary N) is 1. The van der Waals surface area contributed by atoms with Crippen LogP contribution in [0.2, 0.25) is 0 Å². The van der Waals surface area contributed by atoms with Crippen LogP contribution in [0.3, 0.4) is 0 Å². The van der Waals surface area contributed by atoms with Crippen molar-refractivity contribution in [1.29, 1.82) is 0 Å². The number of nitrogens with one attached hydrogen (secondary N) is 1. The molecule has 2 rings (SSSR count). The molecule has 1 atom stereocenters. The van der Waals surface area contributed by atoms with Gasteiger partial charge in [0.25, 0.3) is 0 Å². The van der Waals surface area contributed by atoms with Crippen LogP contribution < -0.4 is 11.3 Å². The van der Waals surface area contributed by atoms with Gasteiger partial charge >= 0.3 is 0 Å². The molecule has 1 aromatic rings. The lowest BCUT2D eigenvalue weighted by molar-refractivity contribution is 0.0762. The lowest BCUT2D eigenvalue weighted by Crippen LogP contribution is -2.34. The second-order valence-corrected chi connectivity index (χ2v) is 7.55. The van der Waals surface area contributed by atoms with Gasteiger partial charge in [-0.05, 0) is 35.3 Å². The average Bonchev–Trinajstić information content (AvgIpc) is 2.70. The zero-order valence-electron chi connectivity index (χ0n) is 10.3. The van der Waals surface area contributed by atoms with Crippen LogP contribution in [0.15, 0.2) is 21.6 Å². The molecule has 1 aliphatic heterocycles. The molecule has 4 N–H and O–H groups in total. The van der Waals surface area contributed by atoms with Gasteiger partial charge in [0.1, 0.15) is 4.90 Å². The fourth-order valence-electron chi connectivity index (χ4n) is 1.97. The highest BCUT2D eigenvalue weighted by molar-refractivity contribution is 9.10. The number of rotatable bonds is 3.